The molecule has 2 saturated carbocycles. The molecule has 0 radical (unpaired) electrons. The van der Waals surface area contributed by atoms with Crippen LogP contribution in [0.4, 0.5) is 0 Å². The van der Waals surface area contributed by atoms with Gasteiger partial charge in [0.15, 0.2) is 0 Å². The van der Waals surface area contributed by atoms with Gasteiger partial charge in [0.25, 0.3) is 5.91 Å². The quantitative estimate of drug-likeness (QED) is 0.848. The molecule has 1 atom stereocenters. The molecule has 2 aromatic rings. The first kappa shape index (κ1) is 18.7. The van der Waals surface area contributed by atoms with Crippen molar-refractivity contribution in [3.05, 3.63) is 36.0 Å². The molecule has 5 nitrogen and oxygen atoms in total. The zero-order chi connectivity index (χ0) is 20.0. The summed E-state index contributed by atoms with van der Waals surface area (Å²) in [6, 6.07) is 10.5. The van der Waals surface area contributed by atoms with Crippen LogP contribution in [0.25, 0.3) is 10.9 Å². The number of nitrogens with one attached hydrogen (secondary N) is 1. The van der Waals surface area contributed by atoms with Crippen LogP contribution in [-0.4, -0.2) is 38.9 Å². The van der Waals surface area contributed by atoms with Crippen molar-refractivity contribution in [2.24, 2.45) is 0 Å². The van der Waals surface area contributed by atoms with Crippen LogP contribution in [0.2, 0.25) is 0 Å². The van der Waals surface area contributed by atoms with Gasteiger partial charge in [-0.25, -0.2) is 0 Å². The minimum atomic E-state index is -0.851. The second-order valence-electron chi connectivity index (χ2n) is 9.37. The van der Waals surface area contributed by atoms with Crippen molar-refractivity contribution in [3.63, 3.8) is 0 Å². The molecule has 154 valence electrons. The number of rotatable bonds is 3. The Morgan fingerprint density at radius 1 is 1.03 bits per heavy atom. The summed E-state index contributed by atoms with van der Waals surface area (Å²) in [5, 5.41) is 4.37. The lowest BCUT2D eigenvalue weighted by Crippen LogP contribution is -2.67. The first-order valence-electron chi connectivity index (χ1n) is 11.3. The molecule has 2 heterocycles. The summed E-state index contributed by atoms with van der Waals surface area (Å²) in [6.45, 7) is 2.51. The molecule has 3 aliphatic rings. The number of fused-ring (bicyclic) bond motifs is 3. The van der Waals surface area contributed by atoms with Crippen LogP contribution >= 0.6 is 0 Å². The Labute approximate surface area is 172 Å². The number of aromatic nitrogens is 1. The van der Waals surface area contributed by atoms with E-state index < -0.39 is 5.54 Å². The van der Waals surface area contributed by atoms with Crippen molar-refractivity contribution >= 4 is 22.7 Å². The van der Waals surface area contributed by atoms with E-state index in [-0.39, 0.29) is 23.9 Å². The smallest absolute Gasteiger partial charge is 0.271 e. The van der Waals surface area contributed by atoms with Crippen LogP contribution in [-0.2, 0) is 11.3 Å². The van der Waals surface area contributed by atoms with Gasteiger partial charge < -0.3 is 14.8 Å². The molecule has 0 unspecified atom stereocenters. The number of hydrogen-bond acceptors (Lipinski definition) is 2. The maximum atomic E-state index is 13.8. The van der Waals surface area contributed by atoms with Gasteiger partial charge in [-0.1, -0.05) is 50.3 Å². The van der Waals surface area contributed by atoms with Crippen molar-refractivity contribution in [1.82, 2.24) is 14.8 Å². The fraction of sp³-hybridized carbons (Fsp3) is 0.583. The van der Waals surface area contributed by atoms with Crippen LogP contribution in [0.3, 0.4) is 0 Å². The molecule has 29 heavy (non-hydrogen) atoms. The first-order chi connectivity index (χ1) is 14.1. The molecule has 0 saturated heterocycles. The summed E-state index contributed by atoms with van der Waals surface area (Å²) in [7, 11) is 0. The van der Waals surface area contributed by atoms with Gasteiger partial charge in [-0.15, -0.1) is 0 Å². The van der Waals surface area contributed by atoms with Crippen molar-refractivity contribution in [2.45, 2.75) is 88.9 Å². The normalized spacial score (nSPS) is 26.1. The number of carbonyl (C=O) groups is 2. The summed E-state index contributed by atoms with van der Waals surface area (Å²) >= 11 is 0. The van der Waals surface area contributed by atoms with Gasteiger partial charge >= 0.3 is 0 Å². The van der Waals surface area contributed by atoms with E-state index >= 15 is 0 Å². The minimum Gasteiger partial charge on any atom is -0.351 e. The van der Waals surface area contributed by atoms with E-state index in [4.69, 9.17) is 0 Å². The number of benzene rings is 1. The third kappa shape index (κ3) is 3.06. The summed E-state index contributed by atoms with van der Waals surface area (Å²) in [5.41, 5.74) is 0.915. The van der Waals surface area contributed by atoms with E-state index in [2.05, 4.69) is 22.0 Å². The van der Waals surface area contributed by atoms with Gasteiger partial charge in [0.2, 0.25) is 5.91 Å². The van der Waals surface area contributed by atoms with Crippen LogP contribution in [0.1, 0.15) is 75.2 Å². The average Bonchev–Trinajstić information content (AvgIpc) is 3.37. The lowest BCUT2D eigenvalue weighted by molar-refractivity contribution is -0.135. The third-order valence-electron chi connectivity index (χ3n) is 7.37. The van der Waals surface area contributed by atoms with Crippen molar-refractivity contribution in [3.8, 4) is 0 Å². The standard InChI is InChI=1S/C24H31N3O2/c1-24(23(29)25-18-10-6-7-11-18)16-26-20-14-8-5-9-17(20)15-21(26)22(28)27(24)19-12-3-2-4-13-19/h5,8-9,14-15,18-19H,2-4,6-7,10-13,16H2,1H3,(H,25,29)/t24-/m0/s1. The molecule has 2 fully saturated rings. The third-order valence-corrected chi connectivity index (χ3v) is 7.37. The Bertz CT molecular complexity index is 937. The molecule has 0 spiro atoms. The van der Waals surface area contributed by atoms with Crippen molar-refractivity contribution < 1.29 is 9.59 Å². The average molecular weight is 394 g/mol. The molecule has 1 N–H and O–H groups in total. The highest BCUT2D eigenvalue weighted by molar-refractivity contribution is 6.03. The maximum Gasteiger partial charge on any atom is 0.271 e. The second kappa shape index (κ2) is 7.19. The summed E-state index contributed by atoms with van der Waals surface area (Å²) in [4.78, 5) is 29.4. The molecule has 0 bridgehead atoms. The van der Waals surface area contributed by atoms with E-state index in [1.165, 1.54) is 19.3 Å². The maximum absolute atomic E-state index is 13.8. The number of carbonyl (C=O) groups excluding carboxylic acids is 2. The van der Waals surface area contributed by atoms with Crippen molar-refractivity contribution in [2.75, 3.05) is 0 Å². The molecule has 1 aromatic heterocycles. The Hall–Kier alpha value is -2.30. The van der Waals surface area contributed by atoms with Gasteiger partial charge in [-0.05, 0) is 44.7 Å². The Kier molecular flexibility index (Phi) is 4.64. The van der Waals surface area contributed by atoms with E-state index in [1.807, 2.05) is 30.0 Å². The van der Waals surface area contributed by atoms with Gasteiger partial charge in [-0.2, -0.15) is 0 Å². The Morgan fingerprint density at radius 2 is 1.72 bits per heavy atom. The Balaban J connectivity index is 1.57. The molecule has 2 amide bonds. The van der Waals surface area contributed by atoms with Crippen molar-refractivity contribution in [1.29, 1.82) is 0 Å². The lowest BCUT2D eigenvalue weighted by atomic mass is 9.86. The largest absolute Gasteiger partial charge is 0.351 e. The molecule has 2 aliphatic carbocycles. The number of hydrogen-bond donors (Lipinski definition) is 1. The second-order valence-corrected chi connectivity index (χ2v) is 9.37. The fourth-order valence-electron chi connectivity index (χ4n) is 5.79. The number of para-hydroxylation sites is 1. The van der Waals surface area contributed by atoms with Gasteiger partial charge in [-0.3, -0.25) is 9.59 Å². The molecule has 5 rings (SSSR count). The molecule has 1 aliphatic heterocycles. The SMILES string of the molecule is C[C@@]1(C(=O)NC2CCCC2)Cn2c(cc3ccccc32)C(=O)N1C1CCCCC1. The summed E-state index contributed by atoms with van der Waals surface area (Å²) < 4.78 is 2.07. The van der Waals surface area contributed by atoms with Crippen LogP contribution in [0.5, 0.6) is 0 Å². The van der Waals surface area contributed by atoms with Gasteiger partial charge in [0.1, 0.15) is 11.2 Å². The number of nitrogens with zero attached hydrogens (tertiary/aromatic N) is 2. The van der Waals surface area contributed by atoms with Gasteiger partial charge in [0.05, 0.1) is 6.54 Å². The zero-order valence-electron chi connectivity index (χ0n) is 17.3. The molecule has 5 heteroatoms. The predicted octanol–water partition coefficient (Wildman–Crippen LogP) is 4.25. The van der Waals surface area contributed by atoms with E-state index in [0.29, 0.717) is 6.54 Å². The first-order valence-corrected chi connectivity index (χ1v) is 11.3. The molecule has 1 aromatic carbocycles. The predicted molar refractivity (Wildman–Crippen MR) is 114 cm³/mol. The van der Waals surface area contributed by atoms with E-state index in [0.717, 1.165) is 55.1 Å². The lowest BCUT2D eigenvalue weighted by Gasteiger charge is -2.49. The van der Waals surface area contributed by atoms with E-state index in [1.54, 1.807) is 0 Å². The van der Waals surface area contributed by atoms with Crippen LogP contribution < -0.4 is 5.32 Å². The summed E-state index contributed by atoms with van der Waals surface area (Å²) in [6.07, 6.45) is 9.96. The highest BCUT2D eigenvalue weighted by Gasteiger charge is 2.50. The van der Waals surface area contributed by atoms with Gasteiger partial charge in [0, 0.05) is 23.0 Å². The van der Waals surface area contributed by atoms with E-state index in [9.17, 15) is 9.59 Å². The van der Waals surface area contributed by atoms with Crippen LogP contribution in [0.15, 0.2) is 30.3 Å². The van der Waals surface area contributed by atoms with Crippen LogP contribution in [0, 0.1) is 0 Å². The minimum absolute atomic E-state index is 0.0171. The molecular weight excluding hydrogens is 362 g/mol. The number of amides is 2. The topological polar surface area (TPSA) is 54.3 Å². The molecular formula is C24H31N3O2. The fourth-order valence-corrected chi connectivity index (χ4v) is 5.79. The Morgan fingerprint density at radius 3 is 2.48 bits per heavy atom. The monoisotopic (exact) mass is 393 g/mol. The zero-order valence-corrected chi connectivity index (χ0v) is 17.3. The highest BCUT2D eigenvalue weighted by atomic mass is 16.2. The highest BCUT2D eigenvalue weighted by Crippen LogP contribution is 2.37. The summed E-state index contributed by atoms with van der Waals surface area (Å²) in [5.74, 6) is 0.0372.